The van der Waals surface area contributed by atoms with Crippen LogP contribution in [0.2, 0.25) is 0 Å². The Labute approximate surface area is 174 Å². The second-order valence-electron chi connectivity index (χ2n) is 7.30. The number of pyridine rings is 1. The van der Waals surface area contributed by atoms with Crippen molar-refractivity contribution in [3.8, 4) is 0 Å². The number of nitrogens with zero attached hydrogens (tertiary/aromatic N) is 5. The third-order valence-electron chi connectivity index (χ3n) is 5.46. The van der Waals surface area contributed by atoms with Crippen molar-refractivity contribution < 1.29 is 9.21 Å². The second-order valence-corrected chi connectivity index (χ2v) is 7.30. The van der Waals surface area contributed by atoms with Crippen LogP contribution in [0.4, 0.5) is 5.82 Å². The standard InChI is InChI=1S/C23H21N5O2/c29-23(21-6-3-15-30-21)28-13-11-27(12-14-28)22-19-5-2-1-4-18(19)20(25-26-22)16-17-7-9-24-10-8-17/h1-10,15H,11-14,16H2. The van der Waals surface area contributed by atoms with Crippen LogP contribution in [0.5, 0.6) is 0 Å². The number of hydrogen-bond donors (Lipinski definition) is 0. The van der Waals surface area contributed by atoms with Gasteiger partial charge >= 0.3 is 0 Å². The van der Waals surface area contributed by atoms with Crippen LogP contribution >= 0.6 is 0 Å². The van der Waals surface area contributed by atoms with E-state index in [-0.39, 0.29) is 5.91 Å². The van der Waals surface area contributed by atoms with Gasteiger partial charge in [-0.05, 0) is 29.8 Å². The van der Waals surface area contributed by atoms with E-state index < -0.39 is 0 Å². The molecule has 0 unspecified atom stereocenters. The molecule has 0 spiro atoms. The second kappa shape index (κ2) is 7.94. The summed E-state index contributed by atoms with van der Waals surface area (Å²) in [6.45, 7) is 2.65. The van der Waals surface area contributed by atoms with Crippen LogP contribution in [0.1, 0.15) is 21.8 Å². The highest BCUT2D eigenvalue weighted by molar-refractivity contribution is 5.94. The van der Waals surface area contributed by atoms with Crippen LogP contribution in [-0.4, -0.2) is 52.2 Å². The van der Waals surface area contributed by atoms with Gasteiger partial charge in [-0.15, -0.1) is 5.10 Å². The van der Waals surface area contributed by atoms with Crippen LogP contribution in [0.3, 0.4) is 0 Å². The maximum Gasteiger partial charge on any atom is 0.289 e. The van der Waals surface area contributed by atoms with Gasteiger partial charge < -0.3 is 14.2 Å². The number of hydrogen-bond acceptors (Lipinski definition) is 6. The van der Waals surface area contributed by atoms with Gasteiger partial charge in [-0.1, -0.05) is 24.3 Å². The van der Waals surface area contributed by atoms with Crippen molar-refractivity contribution in [1.82, 2.24) is 20.1 Å². The molecular weight excluding hydrogens is 378 g/mol. The summed E-state index contributed by atoms with van der Waals surface area (Å²) in [5.41, 5.74) is 2.11. The Hall–Kier alpha value is -3.74. The Bertz CT molecular complexity index is 1150. The van der Waals surface area contributed by atoms with Gasteiger partial charge in [0.05, 0.1) is 12.0 Å². The molecule has 0 atom stereocenters. The van der Waals surface area contributed by atoms with Crippen molar-refractivity contribution in [1.29, 1.82) is 0 Å². The molecule has 1 saturated heterocycles. The lowest BCUT2D eigenvalue weighted by molar-refractivity contribution is 0.0714. The quantitative estimate of drug-likeness (QED) is 0.525. The fourth-order valence-electron chi connectivity index (χ4n) is 3.88. The molecule has 30 heavy (non-hydrogen) atoms. The Balaban J connectivity index is 1.38. The molecule has 1 aromatic carbocycles. The van der Waals surface area contributed by atoms with Crippen molar-refractivity contribution in [3.63, 3.8) is 0 Å². The highest BCUT2D eigenvalue weighted by Gasteiger charge is 2.25. The molecule has 4 aromatic rings. The number of amides is 1. The maximum absolute atomic E-state index is 12.5. The predicted octanol–water partition coefficient (Wildman–Crippen LogP) is 3.17. The van der Waals surface area contributed by atoms with E-state index >= 15 is 0 Å². The van der Waals surface area contributed by atoms with E-state index in [0.29, 0.717) is 38.4 Å². The van der Waals surface area contributed by atoms with Gasteiger partial charge in [-0.25, -0.2) is 0 Å². The number of benzene rings is 1. The highest BCUT2D eigenvalue weighted by atomic mass is 16.3. The van der Waals surface area contributed by atoms with Gasteiger partial charge in [0.2, 0.25) is 0 Å². The molecule has 5 rings (SSSR count). The first-order valence-electron chi connectivity index (χ1n) is 10.0. The summed E-state index contributed by atoms with van der Waals surface area (Å²) in [5, 5.41) is 11.3. The average molecular weight is 399 g/mol. The number of aromatic nitrogens is 3. The normalized spacial score (nSPS) is 14.3. The molecule has 3 aromatic heterocycles. The maximum atomic E-state index is 12.5. The molecule has 1 amide bonds. The summed E-state index contributed by atoms with van der Waals surface area (Å²) in [6, 6.07) is 15.7. The molecule has 1 aliphatic rings. The van der Waals surface area contributed by atoms with Gasteiger partial charge in [0, 0.05) is 55.8 Å². The minimum Gasteiger partial charge on any atom is -0.459 e. The number of rotatable bonds is 4. The van der Waals surface area contributed by atoms with Gasteiger partial charge in [-0.2, -0.15) is 5.10 Å². The third-order valence-corrected chi connectivity index (χ3v) is 5.46. The lowest BCUT2D eigenvalue weighted by Crippen LogP contribution is -2.49. The van der Waals surface area contributed by atoms with E-state index in [0.717, 1.165) is 27.8 Å². The molecule has 7 nitrogen and oxygen atoms in total. The van der Waals surface area contributed by atoms with Gasteiger partial charge in [-0.3, -0.25) is 9.78 Å². The van der Waals surface area contributed by atoms with Gasteiger partial charge in [0.1, 0.15) is 0 Å². The molecular formula is C23H21N5O2. The van der Waals surface area contributed by atoms with Crippen LogP contribution in [0, 0.1) is 0 Å². The molecule has 0 N–H and O–H groups in total. The van der Waals surface area contributed by atoms with E-state index in [4.69, 9.17) is 4.42 Å². The topological polar surface area (TPSA) is 75.4 Å². The van der Waals surface area contributed by atoms with Crippen LogP contribution in [0.15, 0.2) is 71.6 Å². The largest absolute Gasteiger partial charge is 0.459 e. The summed E-state index contributed by atoms with van der Waals surface area (Å²) >= 11 is 0. The smallest absolute Gasteiger partial charge is 0.289 e. The van der Waals surface area contributed by atoms with Crippen molar-refractivity contribution in [2.75, 3.05) is 31.1 Å². The average Bonchev–Trinajstić information content (AvgIpc) is 3.35. The van der Waals surface area contributed by atoms with E-state index in [2.05, 4.69) is 32.2 Å². The number of carbonyl (C=O) groups is 1. The zero-order valence-corrected chi connectivity index (χ0v) is 16.4. The van der Waals surface area contributed by atoms with E-state index in [1.807, 2.05) is 29.2 Å². The Morgan fingerprint density at radius 2 is 1.67 bits per heavy atom. The van der Waals surface area contributed by atoms with Gasteiger partial charge in [0.15, 0.2) is 11.6 Å². The molecule has 1 aliphatic heterocycles. The SMILES string of the molecule is O=C(c1ccco1)N1CCN(c2nnc(Cc3ccncc3)c3ccccc23)CC1. The highest BCUT2D eigenvalue weighted by Crippen LogP contribution is 2.28. The van der Waals surface area contributed by atoms with Gasteiger partial charge in [0.25, 0.3) is 5.91 Å². The molecule has 1 fully saturated rings. The van der Waals surface area contributed by atoms with Crippen LogP contribution < -0.4 is 4.90 Å². The number of fused-ring (bicyclic) bond motifs is 1. The first-order chi connectivity index (χ1) is 14.8. The zero-order chi connectivity index (χ0) is 20.3. The first-order valence-corrected chi connectivity index (χ1v) is 10.0. The number of carbonyl (C=O) groups excluding carboxylic acids is 1. The third kappa shape index (κ3) is 3.50. The van der Waals surface area contributed by atoms with Crippen LogP contribution in [-0.2, 0) is 6.42 Å². The summed E-state index contributed by atoms with van der Waals surface area (Å²) in [4.78, 5) is 20.6. The molecule has 0 saturated carbocycles. The molecule has 0 bridgehead atoms. The predicted molar refractivity (Wildman–Crippen MR) is 113 cm³/mol. The first kappa shape index (κ1) is 18.3. The Morgan fingerprint density at radius 1 is 0.900 bits per heavy atom. The minimum absolute atomic E-state index is 0.0664. The summed E-state index contributed by atoms with van der Waals surface area (Å²) in [5.74, 6) is 1.19. The summed E-state index contributed by atoms with van der Waals surface area (Å²) in [7, 11) is 0. The lowest BCUT2D eigenvalue weighted by Gasteiger charge is -2.35. The molecule has 150 valence electrons. The van der Waals surface area contributed by atoms with Crippen molar-refractivity contribution in [2.24, 2.45) is 0 Å². The Morgan fingerprint density at radius 3 is 2.40 bits per heavy atom. The monoisotopic (exact) mass is 399 g/mol. The van der Waals surface area contributed by atoms with E-state index in [1.165, 1.54) is 6.26 Å². The fraction of sp³-hybridized carbons (Fsp3) is 0.217. The van der Waals surface area contributed by atoms with Crippen LogP contribution in [0.25, 0.3) is 10.8 Å². The fourth-order valence-corrected chi connectivity index (χ4v) is 3.88. The zero-order valence-electron chi connectivity index (χ0n) is 16.4. The molecule has 0 aliphatic carbocycles. The molecule has 7 heteroatoms. The molecule has 4 heterocycles. The van der Waals surface area contributed by atoms with Crippen molar-refractivity contribution >= 4 is 22.5 Å². The minimum atomic E-state index is -0.0664. The summed E-state index contributed by atoms with van der Waals surface area (Å²) in [6.07, 6.45) is 5.83. The van der Waals surface area contributed by atoms with E-state index in [9.17, 15) is 4.79 Å². The Kier molecular flexibility index (Phi) is 4.85. The van der Waals surface area contributed by atoms with E-state index in [1.54, 1.807) is 24.5 Å². The van der Waals surface area contributed by atoms with Crippen molar-refractivity contribution in [2.45, 2.75) is 6.42 Å². The number of piperazine rings is 1. The van der Waals surface area contributed by atoms with Crippen molar-refractivity contribution in [3.05, 3.63) is 84.2 Å². The number of furan rings is 1. The number of anilines is 1. The summed E-state index contributed by atoms with van der Waals surface area (Å²) < 4.78 is 5.25. The molecule has 0 radical (unpaired) electrons. The lowest BCUT2D eigenvalue weighted by atomic mass is 10.0.